The van der Waals surface area contributed by atoms with E-state index in [0.717, 1.165) is 17.8 Å². The van der Waals surface area contributed by atoms with Crippen LogP contribution >= 0.6 is 0 Å². The Hall–Kier alpha value is -2.70. The van der Waals surface area contributed by atoms with Crippen LogP contribution in [0, 0.1) is 0 Å². The number of carbonyl (C=O) groups is 2. The molecule has 0 aliphatic carbocycles. The molecule has 1 aliphatic rings. The van der Waals surface area contributed by atoms with Crippen molar-refractivity contribution >= 4 is 11.8 Å². The monoisotopic (exact) mass is 313 g/mol. The minimum atomic E-state index is -0.313. The molecule has 1 aromatic carbocycles. The van der Waals surface area contributed by atoms with Gasteiger partial charge < -0.3 is 15.2 Å². The highest BCUT2D eigenvalue weighted by atomic mass is 16.2. The third kappa shape index (κ3) is 3.39. The average molecular weight is 313 g/mol. The Morgan fingerprint density at radius 3 is 2.70 bits per heavy atom. The fourth-order valence-corrected chi connectivity index (χ4v) is 2.76. The van der Waals surface area contributed by atoms with Gasteiger partial charge in [0.1, 0.15) is 11.9 Å². The van der Waals surface area contributed by atoms with E-state index >= 15 is 0 Å². The van der Waals surface area contributed by atoms with Gasteiger partial charge >= 0.3 is 0 Å². The smallest absolute Gasteiger partial charge is 0.243 e. The molecule has 1 aromatic heterocycles. The Balaban J connectivity index is 1.67. The van der Waals surface area contributed by atoms with Gasteiger partial charge in [0.15, 0.2) is 5.82 Å². The zero-order valence-corrected chi connectivity index (χ0v) is 13.0. The SMILES string of the molecule is CC(=O)NCc1nnc2n1C(C(=O)NCc1ccccc1)CC2. The third-order valence-electron chi connectivity index (χ3n) is 3.90. The molecule has 1 atom stereocenters. The molecule has 0 fully saturated rings. The second kappa shape index (κ2) is 6.60. The van der Waals surface area contributed by atoms with Crippen molar-refractivity contribution in [3.63, 3.8) is 0 Å². The summed E-state index contributed by atoms with van der Waals surface area (Å²) in [5.41, 5.74) is 1.06. The maximum absolute atomic E-state index is 12.5. The summed E-state index contributed by atoms with van der Waals surface area (Å²) in [5, 5.41) is 13.8. The molecule has 1 unspecified atom stereocenters. The number of nitrogens with one attached hydrogen (secondary N) is 2. The van der Waals surface area contributed by atoms with Crippen LogP contribution in [-0.4, -0.2) is 26.6 Å². The Bertz CT molecular complexity index is 711. The number of carbonyl (C=O) groups excluding carboxylic acids is 2. The summed E-state index contributed by atoms with van der Waals surface area (Å²) < 4.78 is 1.84. The van der Waals surface area contributed by atoms with Crippen molar-refractivity contribution in [2.75, 3.05) is 0 Å². The zero-order chi connectivity index (χ0) is 16.2. The number of benzene rings is 1. The van der Waals surface area contributed by atoms with Crippen molar-refractivity contribution in [3.05, 3.63) is 47.5 Å². The van der Waals surface area contributed by atoms with Gasteiger partial charge in [-0.3, -0.25) is 9.59 Å². The second-order valence-corrected chi connectivity index (χ2v) is 5.57. The summed E-state index contributed by atoms with van der Waals surface area (Å²) in [6.07, 6.45) is 1.43. The molecule has 2 heterocycles. The Morgan fingerprint density at radius 2 is 1.96 bits per heavy atom. The standard InChI is InChI=1S/C16H19N5O2/c1-11(22)17-10-15-20-19-14-8-7-13(21(14)15)16(23)18-9-12-5-3-2-4-6-12/h2-6,13H,7-10H2,1H3,(H,17,22)(H,18,23). The van der Waals surface area contributed by atoms with Gasteiger partial charge in [-0.05, 0) is 12.0 Å². The number of hydrogen-bond acceptors (Lipinski definition) is 4. The summed E-state index contributed by atoms with van der Waals surface area (Å²) in [6.45, 7) is 2.23. The normalized spacial score (nSPS) is 16.0. The lowest BCUT2D eigenvalue weighted by Gasteiger charge is -2.15. The van der Waals surface area contributed by atoms with Crippen LogP contribution < -0.4 is 10.6 Å². The van der Waals surface area contributed by atoms with E-state index in [1.807, 2.05) is 34.9 Å². The number of rotatable bonds is 5. The highest BCUT2D eigenvalue weighted by Crippen LogP contribution is 2.26. The Labute approximate surface area is 134 Å². The van der Waals surface area contributed by atoms with Gasteiger partial charge in [0.05, 0.1) is 6.54 Å². The molecule has 23 heavy (non-hydrogen) atoms. The molecule has 120 valence electrons. The lowest BCUT2D eigenvalue weighted by molar-refractivity contribution is -0.124. The first kappa shape index (κ1) is 15.2. The van der Waals surface area contributed by atoms with Crippen molar-refractivity contribution in [1.82, 2.24) is 25.4 Å². The minimum absolute atomic E-state index is 0.0449. The van der Waals surface area contributed by atoms with Crippen LogP contribution in [0.25, 0.3) is 0 Å². The molecule has 1 aliphatic heterocycles. The third-order valence-corrected chi connectivity index (χ3v) is 3.90. The van der Waals surface area contributed by atoms with Gasteiger partial charge in [-0.1, -0.05) is 30.3 Å². The van der Waals surface area contributed by atoms with E-state index in [1.165, 1.54) is 6.92 Å². The van der Waals surface area contributed by atoms with Crippen LogP contribution in [0.5, 0.6) is 0 Å². The van der Waals surface area contributed by atoms with Crippen molar-refractivity contribution < 1.29 is 9.59 Å². The van der Waals surface area contributed by atoms with Crippen molar-refractivity contribution in [2.45, 2.75) is 38.9 Å². The van der Waals surface area contributed by atoms with Gasteiger partial charge in [0, 0.05) is 19.9 Å². The summed E-state index contributed by atoms with van der Waals surface area (Å²) in [7, 11) is 0. The van der Waals surface area contributed by atoms with Gasteiger partial charge in [-0.15, -0.1) is 10.2 Å². The first-order chi connectivity index (χ1) is 11.1. The first-order valence-electron chi connectivity index (χ1n) is 7.64. The molecule has 0 saturated carbocycles. The number of aromatic nitrogens is 3. The van der Waals surface area contributed by atoms with Crippen LogP contribution in [0.4, 0.5) is 0 Å². The molecule has 2 amide bonds. The molecule has 2 aromatic rings. The number of aryl methyl sites for hydroxylation is 1. The molecule has 0 saturated heterocycles. The number of amides is 2. The highest BCUT2D eigenvalue weighted by molar-refractivity contribution is 5.81. The summed E-state index contributed by atoms with van der Waals surface area (Å²) in [4.78, 5) is 23.6. The quantitative estimate of drug-likeness (QED) is 0.851. The largest absolute Gasteiger partial charge is 0.350 e. The van der Waals surface area contributed by atoms with Crippen LogP contribution in [0.1, 0.15) is 36.6 Å². The van der Waals surface area contributed by atoms with Gasteiger partial charge in [0.25, 0.3) is 0 Å². The van der Waals surface area contributed by atoms with Gasteiger partial charge in [0.2, 0.25) is 11.8 Å². The minimum Gasteiger partial charge on any atom is -0.350 e. The lowest BCUT2D eigenvalue weighted by Crippen LogP contribution is -2.32. The maximum atomic E-state index is 12.5. The molecule has 7 nitrogen and oxygen atoms in total. The topological polar surface area (TPSA) is 88.9 Å². The summed E-state index contributed by atoms with van der Waals surface area (Å²) in [6, 6.07) is 9.47. The second-order valence-electron chi connectivity index (χ2n) is 5.57. The van der Waals surface area contributed by atoms with Crippen molar-refractivity contribution in [2.24, 2.45) is 0 Å². The molecular weight excluding hydrogens is 294 g/mol. The van der Waals surface area contributed by atoms with E-state index in [4.69, 9.17) is 0 Å². The molecule has 0 radical (unpaired) electrons. The van der Waals surface area contributed by atoms with Crippen molar-refractivity contribution in [3.8, 4) is 0 Å². The van der Waals surface area contributed by atoms with Gasteiger partial charge in [-0.25, -0.2) is 0 Å². The summed E-state index contributed by atoms with van der Waals surface area (Å²) >= 11 is 0. The fraction of sp³-hybridized carbons (Fsp3) is 0.375. The molecule has 0 bridgehead atoms. The van der Waals surface area contributed by atoms with E-state index in [2.05, 4.69) is 20.8 Å². The maximum Gasteiger partial charge on any atom is 0.243 e. The number of fused-ring (bicyclic) bond motifs is 1. The zero-order valence-electron chi connectivity index (χ0n) is 13.0. The van der Waals surface area contributed by atoms with Crippen LogP contribution in [0.2, 0.25) is 0 Å². The van der Waals surface area contributed by atoms with Crippen LogP contribution in [0.15, 0.2) is 30.3 Å². The Kier molecular flexibility index (Phi) is 4.36. The van der Waals surface area contributed by atoms with Crippen LogP contribution in [0.3, 0.4) is 0 Å². The van der Waals surface area contributed by atoms with E-state index in [-0.39, 0.29) is 24.4 Å². The first-order valence-corrected chi connectivity index (χ1v) is 7.64. The molecular formula is C16H19N5O2. The predicted molar refractivity (Wildman–Crippen MR) is 83.2 cm³/mol. The van der Waals surface area contributed by atoms with Crippen LogP contribution in [-0.2, 0) is 29.1 Å². The lowest BCUT2D eigenvalue weighted by atomic mass is 10.2. The number of hydrogen-bond donors (Lipinski definition) is 2. The number of nitrogens with zero attached hydrogens (tertiary/aromatic N) is 3. The highest BCUT2D eigenvalue weighted by Gasteiger charge is 2.32. The van der Waals surface area contributed by atoms with Gasteiger partial charge in [-0.2, -0.15) is 0 Å². The van der Waals surface area contributed by atoms with Crippen molar-refractivity contribution in [1.29, 1.82) is 0 Å². The summed E-state index contributed by atoms with van der Waals surface area (Å²) in [5.74, 6) is 1.24. The molecule has 2 N–H and O–H groups in total. The van der Waals surface area contributed by atoms with E-state index in [9.17, 15) is 9.59 Å². The fourth-order valence-electron chi connectivity index (χ4n) is 2.76. The molecule has 0 spiro atoms. The average Bonchev–Trinajstić information content (AvgIpc) is 3.13. The van der Waals surface area contributed by atoms with E-state index < -0.39 is 0 Å². The van der Waals surface area contributed by atoms with E-state index in [0.29, 0.717) is 18.8 Å². The molecule has 7 heteroatoms. The van der Waals surface area contributed by atoms with E-state index in [1.54, 1.807) is 0 Å². The Morgan fingerprint density at radius 1 is 1.17 bits per heavy atom. The molecule has 3 rings (SSSR count). The predicted octanol–water partition coefficient (Wildman–Crippen LogP) is 0.718.